The first-order chi connectivity index (χ1) is 18.7. The molecule has 8 nitrogen and oxygen atoms in total. The van der Waals surface area contributed by atoms with Crippen molar-refractivity contribution in [1.29, 1.82) is 0 Å². The van der Waals surface area contributed by atoms with E-state index >= 15 is 0 Å². The van der Waals surface area contributed by atoms with Crippen molar-refractivity contribution in [2.75, 3.05) is 0 Å². The molecule has 0 atom stereocenters. The van der Waals surface area contributed by atoms with Gasteiger partial charge in [-0.1, -0.05) is 50.4 Å². The first kappa shape index (κ1) is 28.6. The molecule has 0 amide bonds. The van der Waals surface area contributed by atoms with Gasteiger partial charge < -0.3 is 18.9 Å². The standard InChI is InChI=1S/C31H28O8/c1-5-28(32)36-24-13-7-21(8-14-24)9-18-30(34)37-25-15-10-22(11-16-25)23-12-17-26(38-29(33)6-2)27(19-23)39-31(35)20(3)4/h6-8,10-17,19H,2-3,5,9,18H2,1,4H3. The molecule has 0 bridgehead atoms. The summed E-state index contributed by atoms with van der Waals surface area (Å²) in [5.74, 6) is -1.14. The number of carbonyl (C=O) groups excluding carboxylic acids is 4. The predicted molar refractivity (Wildman–Crippen MR) is 144 cm³/mol. The van der Waals surface area contributed by atoms with E-state index in [2.05, 4.69) is 13.2 Å². The van der Waals surface area contributed by atoms with Crippen molar-refractivity contribution in [2.24, 2.45) is 0 Å². The van der Waals surface area contributed by atoms with Crippen LogP contribution in [0, 0.1) is 0 Å². The number of carbonyl (C=O) groups is 4. The minimum Gasteiger partial charge on any atom is -0.427 e. The molecule has 0 aliphatic heterocycles. The summed E-state index contributed by atoms with van der Waals surface area (Å²) in [5.41, 5.74) is 2.50. The van der Waals surface area contributed by atoms with Crippen LogP contribution in [0.3, 0.4) is 0 Å². The van der Waals surface area contributed by atoms with Crippen LogP contribution in [0.15, 0.2) is 91.5 Å². The third-order valence-corrected chi connectivity index (χ3v) is 5.35. The summed E-state index contributed by atoms with van der Waals surface area (Å²) in [6, 6.07) is 18.5. The van der Waals surface area contributed by atoms with Crippen LogP contribution in [0.25, 0.3) is 11.1 Å². The van der Waals surface area contributed by atoms with Gasteiger partial charge in [-0.25, -0.2) is 9.59 Å². The zero-order chi connectivity index (χ0) is 28.4. The molecule has 0 saturated heterocycles. The number of esters is 4. The molecule has 0 N–H and O–H groups in total. The summed E-state index contributed by atoms with van der Waals surface area (Å²) in [4.78, 5) is 47.5. The fraction of sp³-hybridized carbons (Fsp3) is 0.161. The monoisotopic (exact) mass is 528 g/mol. The van der Waals surface area contributed by atoms with Gasteiger partial charge in [0.15, 0.2) is 11.5 Å². The zero-order valence-electron chi connectivity index (χ0n) is 21.7. The average molecular weight is 529 g/mol. The van der Waals surface area contributed by atoms with Crippen LogP contribution in [0.2, 0.25) is 0 Å². The molecule has 39 heavy (non-hydrogen) atoms. The Morgan fingerprint density at radius 2 is 1.33 bits per heavy atom. The van der Waals surface area contributed by atoms with Gasteiger partial charge in [-0.2, -0.15) is 0 Å². The Hall–Kier alpha value is -4.98. The normalized spacial score (nSPS) is 10.2. The Morgan fingerprint density at radius 3 is 1.92 bits per heavy atom. The number of hydrogen-bond donors (Lipinski definition) is 0. The highest BCUT2D eigenvalue weighted by atomic mass is 16.6. The molecule has 0 radical (unpaired) electrons. The molecule has 3 rings (SSSR count). The molecule has 200 valence electrons. The van der Waals surface area contributed by atoms with E-state index in [4.69, 9.17) is 18.9 Å². The third kappa shape index (κ3) is 8.53. The quantitative estimate of drug-likeness (QED) is 0.175. The molecule has 0 heterocycles. The maximum Gasteiger partial charge on any atom is 0.338 e. The van der Waals surface area contributed by atoms with Crippen molar-refractivity contribution >= 4 is 23.9 Å². The Bertz CT molecular complexity index is 1390. The Balaban J connectivity index is 1.64. The van der Waals surface area contributed by atoms with Crippen LogP contribution in [0.4, 0.5) is 0 Å². The van der Waals surface area contributed by atoms with Crippen molar-refractivity contribution < 1.29 is 38.1 Å². The molecular formula is C31H28O8. The van der Waals surface area contributed by atoms with Crippen molar-refractivity contribution in [1.82, 2.24) is 0 Å². The Morgan fingerprint density at radius 1 is 0.744 bits per heavy atom. The number of rotatable bonds is 11. The number of hydrogen-bond acceptors (Lipinski definition) is 8. The maximum atomic E-state index is 12.3. The molecule has 0 unspecified atom stereocenters. The van der Waals surface area contributed by atoms with Crippen molar-refractivity contribution in [2.45, 2.75) is 33.1 Å². The van der Waals surface area contributed by atoms with E-state index in [9.17, 15) is 19.2 Å². The fourth-order valence-electron chi connectivity index (χ4n) is 3.26. The van der Waals surface area contributed by atoms with Crippen LogP contribution >= 0.6 is 0 Å². The summed E-state index contributed by atoms with van der Waals surface area (Å²) in [7, 11) is 0. The van der Waals surface area contributed by atoms with Crippen molar-refractivity contribution in [3.63, 3.8) is 0 Å². The molecule has 0 saturated carbocycles. The van der Waals surface area contributed by atoms with Gasteiger partial charge >= 0.3 is 23.9 Å². The highest BCUT2D eigenvalue weighted by molar-refractivity contribution is 5.90. The van der Waals surface area contributed by atoms with E-state index in [1.54, 1.807) is 67.6 Å². The maximum absolute atomic E-state index is 12.3. The molecule has 3 aromatic rings. The van der Waals surface area contributed by atoms with Gasteiger partial charge in [-0.3, -0.25) is 9.59 Å². The van der Waals surface area contributed by atoms with E-state index in [1.165, 1.54) is 13.0 Å². The number of ether oxygens (including phenoxy) is 4. The molecule has 0 aliphatic rings. The summed E-state index contributed by atoms with van der Waals surface area (Å²) in [6.07, 6.45) is 1.92. The Kier molecular flexibility index (Phi) is 9.92. The van der Waals surface area contributed by atoms with Gasteiger partial charge in [0.2, 0.25) is 0 Å². The van der Waals surface area contributed by atoms with Crippen LogP contribution in [0.5, 0.6) is 23.0 Å². The second kappa shape index (κ2) is 13.5. The second-order valence-electron chi connectivity index (χ2n) is 8.43. The highest BCUT2D eigenvalue weighted by Gasteiger charge is 2.15. The lowest BCUT2D eigenvalue weighted by Gasteiger charge is -2.12. The predicted octanol–water partition coefficient (Wildman–Crippen LogP) is 5.78. The zero-order valence-corrected chi connectivity index (χ0v) is 21.7. The van der Waals surface area contributed by atoms with Gasteiger partial charge in [0.25, 0.3) is 0 Å². The lowest BCUT2D eigenvalue weighted by molar-refractivity contribution is -0.135. The van der Waals surface area contributed by atoms with Gasteiger partial charge in [0.1, 0.15) is 11.5 Å². The molecule has 0 spiro atoms. The molecule has 0 fully saturated rings. The number of aryl methyl sites for hydroxylation is 1. The second-order valence-corrected chi connectivity index (χ2v) is 8.43. The summed E-state index contributed by atoms with van der Waals surface area (Å²) in [5, 5.41) is 0. The minimum atomic E-state index is -0.698. The van der Waals surface area contributed by atoms with Crippen LogP contribution in [-0.4, -0.2) is 23.9 Å². The topological polar surface area (TPSA) is 105 Å². The van der Waals surface area contributed by atoms with Crippen LogP contribution < -0.4 is 18.9 Å². The lowest BCUT2D eigenvalue weighted by atomic mass is 10.0. The molecular weight excluding hydrogens is 500 g/mol. The van der Waals surface area contributed by atoms with Gasteiger partial charge in [-0.15, -0.1) is 0 Å². The van der Waals surface area contributed by atoms with E-state index < -0.39 is 17.9 Å². The third-order valence-electron chi connectivity index (χ3n) is 5.35. The van der Waals surface area contributed by atoms with Crippen LogP contribution in [-0.2, 0) is 25.6 Å². The van der Waals surface area contributed by atoms with Crippen molar-refractivity contribution in [3.8, 4) is 34.1 Å². The van der Waals surface area contributed by atoms with E-state index in [0.717, 1.165) is 17.2 Å². The molecule has 3 aromatic carbocycles. The van der Waals surface area contributed by atoms with Gasteiger partial charge in [-0.05, 0) is 66.4 Å². The fourth-order valence-corrected chi connectivity index (χ4v) is 3.26. The van der Waals surface area contributed by atoms with E-state index in [-0.39, 0.29) is 29.5 Å². The highest BCUT2D eigenvalue weighted by Crippen LogP contribution is 2.34. The molecule has 0 aromatic heterocycles. The summed E-state index contributed by atoms with van der Waals surface area (Å²) >= 11 is 0. The first-order valence-corrected chi connectivity index (χ1v) is 12.1. The smallest absolute Gasteiger partial charge is 0.338 e. The summed E-state index contributed by atoms with van der Waals surface area (Å²) < 4.78 is 21.1. The van der Waals surface area contributed by atoms with E-state index in [0.29, 0.717) is 29.9 Å². The van der Waals surface area contributed by atoms with Crippen LogP contribution in [0.1, 0.15) is 32.3 Å². The minimum absolute atomic E-state index is 0.0442. The van der Waals surface area contributed by atoms with Gasteiger partial charge in [0, 0.05) is 24.5 Å². The van der Waals surface area contributed by atoms with Crippen molar-refractivity contribution in [3.05, 3.63) is 97.1 Å². The SMILES string of the molecule is C=CC(=O)Oc1ccc(-c2ccc(OC(=O)CCc3ccc(OC(=O)CC)cc3)cc2)cc1OC(=O)C(=C)C. The summed E-state index contributed by atoms with van der Waals surface area (Å²) in [6.45, 7) is 10.2. The average Bonchev–Trinajstić information content (AvgIpc) is 2.93. The lowest BCUT2D eigenvalue weighted by Crippen LogP contribution is -2.11. The molecule has 8 heteroatoms. The molecule has 0 aliphatic carbocycles. The largest absolute Gasteiger partial charge is 0.427 e. The van der Waals surface area contributed by atoms with Gasteiger partial charge in [0.05, 0.1) is 0 Å². The van der Waals surface area contributed by atoms with E-state index in [1.807, 2.05) is 0 Å². The first-order valence-electron chi connectivity index (χ1n) is 12.1. The number of benzene rings is 3. The Labute approximate surface area is 226 Å².